The number of halogens is 1. The van der Waals surface area contributed by atoms with Crippen LogP contribution in [-0.4, -0.2) is 28.5 Å². The molecule has 8 nitrogen and oxygen atoms in total. The molecular formula is C23H34FN5O3. The van der Waals surface area contributed by atoms with Crippen LogP contribution in [-0.2, 0) is 17.9 Å². The summed E-state index contributed by atoms with van der Waals surface area (Å²) in [6.07, 6.45) is 2.32. The number of aromatic nitrogens is 2. The van der Waals surface area contributed by atoms with Crippen LogP contribution >= 0.6 is 0 Å². The Morgan fingerprint density at radius 2 is 2.03 bits per heavy atom. The van der Waals surface area contributed by atoms with Gasteiger partial charge in [-0.1, -0.05) is 39.3 Å². The Labute approximate surface area is 187 Å². The number of nitrogens with one attached hydrogen (secondary N) is 2. The molecule has 1 amide bonds. The Bertz CT molecular complexity index is 1040. The van der Waals surface area contributed by atoms with Crippen molar-refractivity contribution >= 4 is 17.4 Å². The number of nitrogens with two attached hydrogens (primary N) is 1. The van der Waals surface area contributed by atoms with Gasteiger partial charge in [0.1, 0.15) is 17.3 Å². The van der Waals surface area contributed by atoms with Gasteiger partial charge in [0.05, 0.1) is 6.54 Å². The number of hydrogen-bond donors (Lipinski definition) is 3. The molecule has 0 radical (unpaired) electrons. The second-order valence-electron chi connectivity index (χ2n) is 8.46. The number of nitrogen functional groups attached to an aromatic ring is 1. The minimum absolute atomic E-state index is 0.0596. The predicted octanol–water partition coefficient (Wildman–Crippen LogP) is 2.54. The highest BCUT2D eigenvalue weighted by molar-refractivity contribution is 5.82. The fourth-order valence-corrected chi connectivity index (χ4v) is 3.28. The molecule has 0 aliphatic heterocycles. The molecule has 0 saturated heterocycles. The van der Waals surface area contributed by atoms with Gasteiger partial charge in [-0.3, -0.25) is 19.1 Å². The summed E-state index contributed by atoms with van der Waals surface area (Å²) in [4.78, 5) is 41.5. The third kappa shape index (κ3) is 6.70. The van der Waals surface area contributed by atoms with Gasteiger partial charge in [-0.2, -0.15) is 0 Å². The number of unbranched alkanes of at least 4 members (excludes halogenated alkanes) is 1. The fourth-order valence-electron chi connectivity index (χ4n) is 3.28. The third-order valence-electron chi connectivity index (χ3n) is 5.30. The van der Waals surface area contributed by atoms with Crippen LogP contribution < -0.4 is 27.2 Å². The summed E-state index contributed by atoms with van der Waals surface area (Å²) in [5.41, 5.74) is 6.36. The van der Waals surface area contributed by atoms with Crippen LogP contribution in [0.2, 0.25) is 0 Å². The van der Waals surface area contributed by atoms with Crippen molar-refractivity contribution < 1.29 is 9.18 Å². The van der Waals surface area contributed by atoms with E-state index < -0.39 is 11.2 Å². The van der Waals surface area contributed by atoms with Gasteiger partial charge in [-0.05, 0) is 42.9 Å². The fraction of sp³-hybridized carbons (Fsp3) is 0.522. The van der Waals surface area contributed by atoms with Crippen LogP contribution in [0.3, 0.4) is 0 Å². The quantitative estimate of drug-likeness (QED) is 0.490. The summed E-state index contributed by atoms with van der Waals surface area (Å²) in [5, 5.41) is 2.76. The third-order valence-corrected chi connectivity index (χ3v) is 5.30. The smallest absolute Gasteiger partial charge is 0.330 e. The van der Waals surface area contributed by atoms with E-state index in [4.69, 9.17) is 5.73 Å². The zero-order valence-electron chi connectivity index (χ0n) is 19.3. The zero-order valence-corrected chi connectivity index (χ0v) is 19.3. The maximum Gasteiger partial charge on any atom is 0.330 e. The molecule has 32 heavy (non-hydrogen) atoms. The van der Waals surface area contributed by atoms with E-state index in [0.717, 1.165) is 19.3 Å². The number of benzene rings is 1. The van der Waals surface area contributed by atoms with Gasteiger partial charge in [-0.15, -0.1) is 0 Å². The molecule has 0 aliphatic carbocycles. The van der Waals surface area contributed by atoms with Gasteiger partial charge in [0.15, 0.2) is 0 Å². The molecule has 1 heterocycles. The minimum atomic E-state index is -0.614. The molecule has 0 atom stereocenters. The molecule has 0 fully saturated rings. The SMILES string of the molecule is CCCCn1c(N)c(N(CCC(C)C)CC(=O)NCc2ccc(C)c(F)c2)c(=O)[nH]c1=O. The van der Waals surface area contributed by atoms with Gasteiger partial charge in [0.2, 0.25) is 5.91 Å². The number of rotatable bonds is 11. The highest BCUT2D eigenvalue weighted by atomic mass is 19.1. The van der Waals surface area contributed by atoms with Crippen LogP contribution in [0.15, 0.2) is 27.8 Å². The molecule has 1 aromatic carbocycles. The maximum absolute atomic E-state index is 13.8. The first-order chi connectivity index (χ1) is 15.1. The number of H-pyrrole nitrogens is 1. The molecule has 2 rings (SSSR count). The molecule has 9 heteroatoms. The number of carbonyl (C=O) groups is 1. The van der Waals surface area contributed by atoms with Gasteiger partial charge >= 0.3 is 5.69 Å². The number of nitrogens with zero attached hydrogens (tertiary/aromatic N) is 2. The Balaban J connectivity index is 2.25. The van der Waals surface area contributed by atoms with Crippen molar-refractivity contribution in [1.29, 1.82) is 0 Å². The Morgan fingerprint density at radius 3 is 2.66 bits per heavy atom. The Morgan fingerprint density at radius 1 is 1.31 bits per heavy atom. The molecular weight excluding hydrogens is 413 g/mol. The van der Waals surface area contributed by atoms with Crippen molar-refractivity contribution in [2.24, 2.45) is 5.92 Å². The summed E-state index contributed by atoms with van der Waals surface area (Å²) < 4.78 is 15.1. The molecule has 2 aromatic rings. The van der Waals surface area contributed by atoms with Gasteiger partial charge in [0, 0.05) is 19.6 Å². The van der Waals surface area contributed by atoms with Gasteiger partial charge in [-0.25, -0.2) is 9.18 Å². The average molecular weight is 448 g/mol. The number of amides is 1. The van der Waals surface area contributed by atoms with Crippen LogP contribution in [0, 0.1) is 18.7 Å². The summed E-state index contributed by atoms with van der Waals surface area (Å²) in [6.45, 7) is 8.60. The minimum Gasteiger partial charge on any atom is -0.383 e. The van der Waals surface area contributed by atoms with Crippen LogP contribution in [0.25, 0.3) is 0 Å². The van der Waals surface area contributed by atoms with E-state index >= 15 is 0 Å². The summed E-state index contributed by atoms with van der Waals surface area (Å²) in [7, 11) is 0. The van der Waals surface area contributed by atoms with Crippen molar-refractivity contribution in [2.45, 2.75) is 60.0 Å². The predicted molar refractivity (Wildman–Crippen MR) is 125 cm³/mol. The van der Waals surface area contributed by atoms with Crippen molar-refractivity contribution in [2.75, 3.05) is 23.7 Å². The number of aryl methyl sites for hydroxylation is 1. The molecule has 0 unspecified atom stereocenters. The number of carbonyl (C=O) groups excluding carboxylic acids is 1. The van der Waals surface area contributed by atoms with E-state index in [1.54, 1.807) is 24.0 Å². The summed E-state index contributed by atoms with van der Waals surface area (Å²) in [6, 6.07) is 4.80. The molecule has 176 valence electrons. The lowest BCUT2D eigenvalue weighted by atomic mass is 10.1. The van der Waals surface area contributed by atoms with E-state index in [9.17, 15) is 18.8 Å². The van der Waals surface area contributed by atoms with E-state index in [0.29, 0.717) is 30.1 Å². The van der Waals surface area contributed by atoms with Crippen LogP contribution in [0.5, 0.6) is 0 Å². The first-order valence-corrected chi connectivity index (χ1v) is 11.0. The largest absolute Gasteiger partial charge is 0.383 e. The van der Waals surface area contributed by atoms with Gasteiger partial charge < -0.3 is 16.0 Å². The van der Waals surface area contributed by atoms with E-state index in [1.807, 2.05) is 20.8 Å². The number of anilines is 2. The highest BCUT2D eigenvalue weighted by Gasteiger charge is 2.21. The van der Waals surface area contributed by atoms with Crippen LogP contribution in [0.1, 0.15) is 51.2 Å². The second-order valence-corrected chi connectivity index (χ2v) is 8.46. The normalized spacial score (nSPS) is 11.1. The first kappa shape index (κ1) is 25.2. The number of hydrogen-bond acceptors (Lipinski definition) is 5. The summed E-state index contributed by atoms with van der Waals surface area (Å²) >= 11 is 0. The van der Waals surface area contributed by atoms with Crippen molar-refractivity contribution in [1.82, 2.24) is 14.9 Å². The molecule has 0 aliphatic rings. The Kier molecular flexibility index (Phi) is 9.04. The average Bonchev–Trinajstić information content (AvgIpc) is 2.72. The van der Waals surface area contributed by atoms with Crippen molar-refractivity contribution in [3.63, 3.8) is 0 Å². The van der Waals surface area contributed by atoms with E-state index in [2.05, 4.69) is 10.3 Å². The standard InChI is InChI=1S/C23H34FN5O3/c1-5-6-10-29-21(25)20(22(31)27-23(29)32)28(11-9-15(2)3)14-19(30)26-13-17-8-7-16(4)18(24)12-17/h7-8,12,15H,5-6,9-11,13-14,25H2,1-4H3,(H,26,30)(H,27,31,32). The first-order valence-electron chi connectivity index (χ1n) is 11.0. The second kappa shape index (κ2) is 11.5. The molecule has 0 bridgehead atoms. The lowest BCUT2D eigenvalue weighted by molar-refractivity contribution is -0.119. The molecule has 4 N–H and O–H groups in total. The lowest BCUT2D eigenvalue weighted by Crippen LogP contribution is -2.43. The van der Waals surface area contributed by atoms with Crippen molar-refractivity contribution in [3.05, 3.63) is 56.0 Å². The summed E-state index contributed by atoms with van der Waals surface area (Å²) in [5.74, 6) is -0.268. The van der Waals surface area contributed by atoms with Gasteiger partial charge in [0.25, 0.3) is 5.56 Å². The van der Waals surface area contributed by atoms with Crippen molar-refractivity contribution in [3.8, 4) is 0 Å². The Hall–Kier alpha value is -3.10. The highest BCUT2D eigenvalue weighted by Crippen LogP contribution is 2.18. The van der Waals surface area contributed by atoms with E-state index in [-0.39, 0.29) is 36.3 Å². The molecule has 1 aromatic heterocycles. The van der Waals surface area contributed by atoms with Crippen LogP contribution in [0.4, 0.5) is 15.9 Å². The maximum atomic E-state index is 13.8. The van der Waals surface area contributed by atoms with E-state index in [1.165, 1.54) is 10.6 Å². The monoisotopic (exact) mass is 447 g/mol. The molecule has 0 saturated carbocycles. The zero-order chi connectivity index (χ0) is 23.8. The topological polar surface area (TPSA) is 113 Å². The number of aromatic amines is 1. The lowest BCUT2D eigenvalue weighted by Gasteiger charge is -2.26. The molecule has 0 spiro atoms.